The van der Waals surface area contributed by atoms with Crippen molar-refractivity contribution >= 4 is 0 Å². The number of aryl methyl sites for hydroxylation is 1. The van der Waals surface area contributed by atoms with Crippen molar-refractivity contribution in [2.75, 3.05) is 6.54 Å². The first-order chi connectivity index (χ1) is 8.83. The molecule has 1 N–H and O–H groups in total. The Morgan fingerprint density at radius 2 is 2.17 bits per heavy atom. The summed E-state index contributed by atoms with van der Waals surface area (Å²) in [6.07, 6.45) is 6.80. The fourth-order valence-electron chi connectivity index (χ4n) is 1.81. The first-order valence-electron chi connectivity index (χ1n) is 6.41. The number of hydrogen-bond donors (Lipinski definition) is 1. The molecule has 0 unspecified atom stereocenters. The molecule has 2 aromatic rings. The van der Waals surface area contributed by atoms with E-state index in [9.17, 15) is 0 Å². The van der Waals surface area contributed by atoms with Crippen molar-refractivity contribution in [3.63, 3.8) is 0 Å². The van der Waals surface area contributed by atoms with Crippen molar-refractivity contribution in [2.45, 2.75) is 39.9 Å². The number of nitrogens with zero attached hydrogens (tertiary/aromatic N) is 5. The summed E-state index contributed by atoms with van der Waals surface area (Å²) in [7, 11) is 0. The van der Waals surface area contributed by atoms with Gasteiger partial charge in [-0.1, -0.05) is 6.92 Å². The molecular weight excluding hydrogens is 228 g/mol. The fraction of sp³-hybridized carbons (Fsp3) is 0.583. The zero-order chi connectivity index (χ0) is 12.8. The van der Waals surface area contributed by atoms with E-state index in [2.05, 4.69) is 40.5 Å². The molecule has 0 aliphatic heterocycles. The maximum atomic E-state index is 4.37. The van der Waals surface area contributed by atoms with E-state index < -0.39 is 0 Å². The lowest BCUT2D eigenvalue weighted by atomic mass is 10.4. The summed E-state index contributed by atoms with van der Waals surface area (Å²) >= 11 is 0. The van der Waals surface area contributed by atoms with E-state index >= 15 is 0 Å². The second-order valence-corrected chi connectivity index (χ2v) is 4.25. The monoisotopic (exact) mass is 248 g/mol. The minimum Gasteiger partial charge on any atom is -0.329 e. The summed E-state index contributed by atoms with van der Waals surface area (Å²) in [5, 5.41) is 11.4. The van der Waals surface area contributed by atoms with Crippen LogP contribution in [0.1, 0.15) is 31.8 Å². The lowest BCUT2D eigenvalue weighted by Gasteiger charge is -2.03. The first kappa shape index (κ1) is 12.8. The van der Waals surface area contributed by atoms with Crippen LogP contribution in [0.3, 0.4) is 0 Å². The zero-order valence-electron chi connectivity index (χ0n) is 11.0. The largest absolute Gasteiger partial charge is 0.329 e. The standard InChI is InChI=1S/C12H20N6/c1-3-5-13-6-11-7-17(9-14-11)8-12-16-15-10-18(12)4-2/h7,9-10,13H,3-6,8H2,1-2H3. The van der Waals surface area contributed by atoms with Gasteiger partial charge in [0.05, 0.1) is 18.6 Å². The molecule has 6 nitrogen and oxygen atoms in total. The normalized spacial score (nSPS) is 11.0. The number of hydrogen-bond acceptors (Lipinski definition) is 4. The molecule has 6 heteroatoms. The van der Waals surface area contributed by atoms with Crippen LogP contribution in [0.25, 0.3) is 0 Å². The molecular formula is C12H20N6. The average molecular weight is 248 g/mol. The van der Waals surface area contributed by atoms with Crippen LogP contribution in [0.15, 0.2) is 18.9 Å². The van der Waals surface area contributed by atoms with Crippen LogP contribution in [-0.4, -0.2) is 30.9 Å². The van der Waals surface area contributed by atoms with Gasteiger partial charge in [-0.2, -0.15) is 0 Å². The van der Waals surface area contributed by atoms with Gasteiger partial charge in [0.1, 0.15) is 6.33 Å². The Balaban J connectivity index is 1.94. The molecule has 2 heterocycles. The van der Waals surface area contributed by atoms with Gasteiger partial charge in [0, 0.05) is 19.3 Å². The number of rotatable bonds is 7. The van der Waals surface area contributed by atoms with Gasteiger partial charge >= 0.3 is 0 Å². The molecule has 0 amide bonds. The van der Waals surface area contributed by atoms with E-state index in [1.807, 2.05) is 15.5 Å². The molecule has 18 heavy (non-hydrogen) atoms. The molecule has 0 aliphatic carbocycles. The second kappa shape index (κ2) is 6.30. The average Bonchev–Trinajstić information content (AvgIpc) is 2.99. The third kappa shape index (κ3) is 3.16. The minimum absolute atomic E-state index is 0.717. The highest BCUT2D eigenvalue weighted by molar-refractivity contribution is 4.98. The Morgan fingerprint density at radius 1 is 1.28 bits per heavy atom. The fourth-order valence-corrected chi connectivity index (χ4v) is 1.81. The van der Waals surface area contributed by atoms with Crippen molar-refractivity contribution in [3.05, 3.63) is 30.4 Å². The van der Waals surface area contributed by atoms with E-state index in [1.165, 1.54) is 0 Å². The molecule has 0 bridgehead atoms. The lowest BCUT2D eigenvalue weighted by molar-refractivity contribution is 0.647. The molecule has 0 saturated heterocycles. The van der Waals surface area contributed by atoms with Gasteiger partial charge in [-0.15, -0.1) is 10.2 Å². The third-order valence-electron chi connectivity index (χ3n) is 2.78. The number of imidazole rings is 1. The van der Waals surface area contributed by atoms with E-state index in [1.54, 1.807) is 6.33 Å². The van der Waals surface area contributed by atoms with Crippen LogP contribution in [-0.2, 0) is 19.6 Å². The van der Waals surface area contributed by atoms with Crippen LogP contribution < -0.4 is 5.32 Å². The SMILES string of the molecule is CCCNCc1cn(Cc2nncn2CC)cn1. The highest BCUT2D eigenvalue weighted by atomic mass is 15.3. The van der Waals surface area contributed by atoms with Crippen molar-refractivity contribution in [1.29, 1.82) is 0 Å². The molecule has 0 saturated carbocycles. The third-order valence-corrected chi connectivity index (χ3v) is 2.78. The summed E-state index contributed by atoms with van der Waals surface area (Å²) in [4.78, 5) is 4.37. The van der Waals surface area contributed by atoms with E-state index in [0.29, 0.717) is 6.54 Å². The van der Waals surface area contributed by atoms with Crippen molar-refractivity contribution in [3.8, 4) is 0 Å². The predicted octanol–water partition coefficient (Wildman–Crippen LogP) is 1.04. The van der Waals surface area contributed by atoms with Gasteiger partial charge in [0.15, 0.2) is 5.82 Å². The minimum atomic E-state index is 0.717. The zero-order valence-corrected chi connectivity index (χ0v) is 11.0. The highest BCUT2D eigenvalue weighted by Gasteiger charge is 2.04. The number of nitrogens with one attached hydrogen (secondary N) is 1. The predicted molar refractivity (Wildman–Crippen MR) is 69.0 cm³/mol. The van der Waals surface area contributed by atoms with Gasteiger partial charge in [-0.3, -0.25) is 0 Å². The molecule has 2 rings (SSSR count). The van der Waals surface area contributed by atoms with Crippen LogP contribution >= 0.6 is 0 Å². The molecule has 2 aromatic heterocycles. The molecule has 0 aromatic carbocycles. The van der Waals surface area contributed by atoms with E-state index in [0.717, 1.165) is 37.6 Å². The van der Waals surface area contributed by atoms with Gasteiger partial charge in [-0.05, 0) is 19.9 Å². The highest BCUT2D eigenvalue weighted by Crippen LogP contribution is 2.02. The lowest BCUT2D eigenvalue weighted by Crippen LogP contribution is -2.14. The van der Waals surface area contributed by atoms with Gasteiger partial charge in [0.25, 0.3) is 0 Å². The smallest absolute Gasteiger partial charge is 0.152 e. The van der Waals surface area contributed by atoms with Crippen molar-refractivity contribution < 1.29 is 0 Å². The molecule has 0 atom stereocenters. The Labute approximate surface area is 107 Å². The van der Waals surface area contributed by atoms with Crippen LogP contribution in [0.4, 0.5) is 0 Å². The molecule has 98 valence electrons. The van der Waals surface area contributed by atoms with Crippen LogP contribution in [0.5, 0.6) is 0 Å². The number of aromatic nitrogens is 5. The van der Waals surface area contributed by atoms with Gasteiger partial charge in [-0.25, -0.2) is 4.98 Å². The Kier molecular flexibility index (Phi) is 4.46. The molecule has 0 radical (unpaired) electrons. The second-order valence-electron chi connectivity index (χ2n) is 4.25. The van der Waals surface area contributed by atoms with Gasteiger partial charge in [0.2, 0.25) is 0 Å². The maximum Gasteiger partial charge on any atom is 0.152 e. The van der Waals surface area contributed by atoms with E-state index in [4.69, 9.17) is 0 Å². The Bertz CT molecular complexity index is 472. The Morgan fingerprint density at radius 3 is 2.94 bits per heavy atom. The van der Waals surface area contributed by atoms with E-state index in [-0.39, 0.29) is 0 Å². The summed E-state index contributed by atoms with van der Waals surface area (Å²) in [5.41, 5.74) is 1.06. The van der Waals surface area contributed by atoms with Crippen molar-refractivity contribution in [1.82, 2.24) is 29.6 Å². The quantitative estimate of drug-likeness (QED) is 0.744. The van der Waals surface area contributed by atoms with Crippen molar-refractivity contribution in [2.24, 2.45) is 0 Å². The molecule has 0 spiro atoms. The van der Waals surface area contributed by atoms with Gasteiger partial charge < -0.3 is 14.5 Å². The summed E-state index contributed by atoms with van der Waals surface area (Å²) in [5.74, 6) is 0.961. The molecule has 0 aliphatic rings. The first-order valence-corrected chi connectivity index (χ1v) is 6.41. The molecule has 0 fully saturated rings. The summed E-state index contributed by atoms with van der Waals surface area (Å²) < 4.78 is 4.08. The van der Waals surface area contributed by atoms with Crippen LogP contribution in [0, 0.1) is 0 Å². The summed E-state index contributed by atoms with van der Waals surface area (Å²) in [6.45, 7) is 7.69. The maximum absolute atomic E-state index is 4.37. The van der Waals surface area contributed by atoms with Crippen LogP contribution in [0.2, 0.25) is 0 Å². The Hall–Kier alpha value is -1.69. The topological polar surface area (TPSA) is 60.6 Å². The summed E-state index contributed by atoms with van der Waals surface area (Å²) in [6, 6.07) is 0.